The van der Waals surface area contributed by atoms with E-state index in [1.54, 1.807) is 42.2 Å². The van der Waals surface area contributed by atoms with Gasteiger partial charge in [0.15, 0.2) is 0 Å². The van der Waals surface area contributed by atoms with Crippen LogP contribution in [0.25, 0.3) is 10.9 Å². The predicted molar refractivity (Wildman–Crippen MR) is 94.0 cm³/mol. The molecular weight excluding hydrogens is 320 g/mol. The number of hydrogen-bond acceptors (Lipinski definition) is 4. The number of nitrogens with one attached hydrogen (secondary N) is 2. The van der Waals surface area contributed by atoms with E-state index in [1.807, 2.05) is 0 Å². The Hall–Kier alpha value is -3.09. The molecule has 0 spiro atoms. The molecule has 0 bridgehead atoms. The molecule has 0 radical (unpaired) electrons. The van der Waals surface area contributed by atoms with Crippen molar-refractivity contribution in [1.29, 1.82) is 0 Å². The first-order chi connectivity index (χ1) is 12.1. The van der Waals surface area contributed by atoms with E-state index in [1.165, 1.54) is 6.07 Å². The van der Waals surface area contributed by atoms with Crippen molar-refractivity contribution in [1.82, 2.24) is 14.8 Å². The van der Waals surface area contributed by atoms with Crippen LogP contribution in [-0.2, 0) is 7.05 Å². The summed E-state index contributed by atoms with van der Waals surface area (Å²) >= 11 is 0. The van der Waals surface area contributed by atoms with Gasteiger partial charge in [-0.05, 0) is 37.5 Å². The Bertz CT molecular complexity index is 1000. The molecule has 1 aromatic carbocycles. The smallest absolute Gasteiger partial charge is 0.257 e. The lowest BCUT2D eigenvalue weighted by molar-refractivity contribution is 0.102. The molecule has 0 unspecified atom stereocenters. The monoisotopic (exact) mass is 338 g/mol. The van der Waals surface area contributed by atoms with Crippen LogP contribution in [0, 0.1) is 0 Å². The van der Waals surface area contributed by atoms with Crippen molar-refractivity contribution in [3.05, 3.63) is 52.4 Å². The van der Waals surface area contributed by atoms with Crippen molar-refractivity contribution < 1.29 is 9.53 Å². The van der Waals surface area contributed by atoms with Gasteiger partial charge >= 0.3 is 0 Å². The van der Waals surface area contributed by atoms with E-state index in [0.717, 1.165) is 19.3 Å². The van der Waals surface area contributed by atoms with Crippen molar-refractivity contribution in [2.75, 3.05) is 5.32 Å². The molecule has 4 rings (SSSR count). The van der Waals surface area contributed by atoms with Gasteiger partial charge in [0.2, 0.25) is 5.56 Å². The number of hydrogen-bond donors (Lipinski definition) is 2. The zero-order chi connectivity index (χ0) is 17.4. The van der Waals surface area contributed by atoms with Gasteiger partial charge in [-0.1, -0.05) is 6.07 Å². The van der Waals surface area contributed by atoms with E-state index in [9.17, 15) is 9.59 Å². The highest BCUT2D eigenvalue weighted by molar-refractivity contribution is 6.12. The van der Waals surface area contributed by atoms with Crippen LogP contribution < -0.4 is 15.6 Å². The average Bonchev–Trinajstić information content (AvgIpc) is 2.89. The van der Waals surface area contributed by atoms with Crippen molar-refractivity contribution in [3.63, 3.8) is 0 Å². The van der Waals surface area contributed by atoms with Crippen LogP contribution in [0.2, 0.25) is 0 Å². The average molecular weight is 338 g/mol. The molecule has 1 saturated carbocycles. The molecular formula is C18H18N4O3. The number of benzene rings is 1. The van der Waals surface area contributed by atoms with Gasteiger partial charge in [0, 0.05) is 29.6 Å². The van der Waals surface area contributed by atoms with Gasteiger partial charge in [-0.2, -0.15) is 0 Å². The van der Waals surface area contributed by atoms with Gasteiger partial charge in [-0.3, -0.25) is 14.3 Å². The first-order valence-corrected chi connectivity index (χ1v) is 8.24. The minimum atomic E-state index is -0.274. The van der Waals surface area contributed by atoms with Crippen molar-refractivity contribution >= 4 is 22.5 Å². The van der Waals surface area contributed by atoms with Crippen LogP contribution >= 0.6 is 0 Å². The van der Waals surface area contributed by atoms with Crippen LogP contribution in [0.15, 0.2) is 41.3 Å². The fourth-order valence-electron chi connectivity index (χ4n) is 2.86. The molecule has 0 aliphatic heterocycles. The number of H-pyrrole nitrogens is 1. The number of aromatic amines is 1. The third-order valence-electron chi connectivity index (χ3n) is 4.38. The molecule has 0 atom stereocenters. The maximum Gasteiger partial charge on any atom is 0.257 e. The van der Waals surface area contributed by atoms with E-state index in [2.05, 4.69) is 15.4 Å². The van der Waals surface area contributed by atoms with Gasteiger partial charge < -0.3 is 15.0 Å². The number of rotatable bonds is 4. The lowest BCUT2D eigenvalue weighted by Crippen LogP contribution is -2.25. The molecule has 25 heavy (non-hydrogen) atoms. The maximum absolute atomic E-state index is 12.7. The third kappa shape index (κ3) is 3.00. The maximum atomic E-state index is 12.7. The topological polar surface area (TPSA) is 89.0 Å². The van der Waals surface area contributed by atoms with Crippen LogP contribution in [0.3, 0.4) is 0 Å². The molecule has 7 nitrogen and oxygen atoms in total. The second kappa shape index (κ2) is 6.08. The Balaban J connectivity index is 1.63. The molecule has 1 aliphatic rings. The molecule has 1 fully saturated rings. The summed E-state index contributed by atoms with van der Waals surface area (Å²) < 4.78 is 7.46. The van der Waals surface area contributed by atoms with E-state index in [4.69, 9.17) is 4.74 Å². The Morgan fingerprint density at radius 2 is 2.16 bits per heavy atom. The number of carbonyl (C=O) groups is 1. The lowest BCUT2D eigenvalue weighted by Gasteiger charge is -2.25. The Morgan fingerprint density at radius 3 is 2.92 bits per heavy atom. The summed E-state index contributed by atoms with van der Waals surface area (Å²) in [7, 11) is 1.78. The normalized spacial score (nSPS) is 14.3. The lowest BCUT2D eigenvalue weighted by atomic mass is 9.96. The number of nitrogens with zero attached hydrogens (tertiary/aromatic N) is 2. The molecule has 3 aromatic rings. The predicted octanol–water partition coefficient (Wildman–Crippen LogP) is 2.45. The minimum Gasteiger partial charge on any atom is -0.472 e. The van der Waals surface area contributed by atoms with E-state index in [0.29, 0.717) is 28.0 Å². The summed E-state index contributed by atoms with van der Waals surface area (Å²) in [5.74, 6) is 0.165. The molecule has 7 heteroatoms. The van der Waals surface area contributed by atoms with Gasteiger partial charge in [0.1, 0.15) is 11.8 Å². The van der Waals surface area contributed by atoms with Crippen LogP contribution in [0.5, 0.6) is 5.88 Å². The second-order valence-corrected chi connectivity index (χ2v) is 6.24. The first-order valence-electron chi connectivity index (χ1n) is 8.24. The van der Waals surface area contributed by atoms with Crippen molar-refractivity contribution in [3.8, 4) is 5.88 Å². The summed E-state index contributed by atoms with van der Waals surface area (Å²) in [5, 5.41) is 7.84. The standard InChI is InChI=1S/C18H18N4O3/c1-22-10-15(18(21-22)25-11-4-2-5-11)20-17(24)13-6-3-7-14-12(13)8-9-16(23)19-14/h3,6-11H,2,4-5H2,1H3,(H,19,23)(H,20,24). The zero-order valence-corrected chi connectivity index (χ0v) is 13.8. The van der Waals surface area contributed by atoms with Crippen molar-refractivity contribution in [2.24, 2.45) is 7.05 Å². The van der Waals surface area contributed by atoms with Gasteiger partial charge in [-0.15, -0.1) is 5.10 Å². The van der Waals surface area contributed by atoms with Crippen LogP contribution in [-0.4, -0.2) is 26.8 Å². The summed E-state index contributed by atoms with van der Waals surface area (Å²) in [6.07, 6.45) is 5.08. The van der Waals surface area contributed by atoms with E-state index >= 15 is 0 Å². The number of anilines is 1. The summed E-state index contributed by atoms with van der Waals surface area (Å²) in [4.78, 5) is 26.9. The zero-order valence-electron chi connectivity index (χ0n) is 13.8. The number of ether oxygens (including phenoxy) is 1. The third-order valence-corrected chi connectivity index (χ3v) is 4.38. The highest BCUT2D eigenvalue weighted by Crippen LogP contribution is 2.29. The SMILES string of the molecule is Cn1cc(NC(=O)c2cccc3[nH]c(=O)ccc23)c(OC2CCC2)n1. The number of pyridine rings is 1. The largest absolute Gasteiger partial charge is 0.472 e. The highest BCUT2D eigenvalue weighted by Gasteiger charge is 2.23. The number of carbonyl (C=O) groups excluding carboxylic acids is 1. The van der Waals surface area contributed by atoms with E-state index in [-0.39, 0.29) is 17.6 Å². The molecule has 2 aromatic heterocycles. The fraction of sp³-hybridized carbons (Fsp3) is 0.278. The Morgan fingerprint density at radius 1 is 1.32 bits per heavy atom. The van der Waals surface area contributed by atoms with Gasteiger partial charge in [0.25, 0.3) is 11.8 Å². The molecule has 128 valence electrons. The minimum absolute atomic E-state index is 0.174. The molecule has 1 amide bonds. The number of aryl methyl sites for hydroxylation is 1. The fourth-order valence-corrected chi connectivity index (χ4v) is 2.86. The van der Waals surface area contributed by atoms with Crippen molar-refractivity contribution in [2.45, 2.75) is 25.4 Å². The number of fused-ring (bicyclic) bond motifs is 1. The molecule has 1 aliphatic carbocycles. The molecule has 2 heterocycles. The number of aromatic nitrogens is 3. The Labute approximate surface area is 143 Å². The summed E-state index contributed by atoms with van der Waals surface area (Å²) in [5.41, 5.74) is 1.44. The molecule has 2 N–H and O–H groups in total. The quantitative estimate of drug-likeness (QED) is 0.765. The van der Waals surface area contributed by atoms with E-state index < -0.39 is 0 Å². The second-order valence-electron chi connectivity index (χ2n) is 6.24. The summed E-state index contributed by atoms with van der Waals surface area (Å²) in [6, 6.07) is 8.29. The van der Waals surface area contributed by atoms with Gasteiger partial charge in [0.05, 0.1) is 6.20 Å². The van der Waals surface area contributed by atoms with Crippen LogP contribution in [0.1, 0.15) is 29.6 Å². The number of amides is 1. The first kappa shape index (κ1) is 15.4. The van der Waals surface area contributed by atoms with Gasteiger partial charge in [-0.25, -0.2) is 0 Å². The Kier molecular flexibility index (Phi) is 3.76. The highest BCUT2D eigenvalue weighted by atomic mass is 16.5. The van der Waals surface area contributed by atoms with Crippen LogP contribution in [0.4, 0.5) is 5.69 Å². The summed E-state index contributed by atoms with van der Waals surface area (Å²) in [6.45, 7) is 0. The molecule has 0 saturated heterocycles.